The quantitative estimate of drug-likeness (QED) is 0.662. The number of methoxy groups -OCH3 is 1. The Morgan fingerprint density at radius 2 is 1.85 bits per heavy atom. The molecule has 6 nitrogen and oxygen atoms in total. The summed E-state index contributed by atoms with van der Waals surface area (Å²) in [6.45, 7) is 4.74. The van der Waals surface area contributed by atoms with Gasteiger partial charge >= 0.3 is 5.97 Å². The number of hydrogen-bond acceptors (Lipinski definition) is 5. The average Bonchev–Trinajstić information content (AvgIpc) is 2.68. The molecule has 0 aliphatic heterocycles. The molecule has 1 aliphatic rings. The number of amides is 1. The average molecular weight is 363 g/mol. The van der Waals surface area contributed by atoms with Gasteiger partial charge in [0.25, 0.3) is 5.91 Å². The molecule has 0 bridgehead atoms. The lowest BCUT2D eigenvalue weighted by Gasteiger charge is -2.33. The zero-order chi connectivity index (χ0) is 18.9. The molecule has 144 valence electrons. The van der Waals surface area contributed by atoms with E-state index in [1.54, 1.807) is 18.2 Å². The highest BCUT2D eigenvalue weighted by molar-refractivity contribution is 5.92. The van der Waals surface area contributed by atoms with Crippen LogP contribution in [0.3, 0.4) is 0 Å². The van der Waals surface area contributed by atoms with Gasteiger partial charge in [-0.25, -0.2) is 4.79 Å². The predicted molar refractivity (Wildman–Crippen MR) is 98.7 cm³/mol. The SMILES string of the molecule is CCOc1ccc(C(=O)OCC(=O)N(CC)C2CCCCC2)cc1OC. The minimum atomic E-state index is -0.542. The monoisotopic (exact) mass is 363 g/mol. The topological polar surface area (TPSA) is 65.1 Å². The first-order chi connectivity index (χ1) is 12.6. The molecule has 1 amide bonds. The molecule has 0 aromatic heterocycles. The van der Waals surface area contributed by atoms with E-state index in [0.29, 0.717) is 30.2 Å². The summed E-state index contributed by atoms with van der Waals surface area (Å²) in [7, 11) is 1.51. The highest BCUT2D eigenvalue weighted by Gasteiger charge is 2.25. The summed E-state index contributed by atoms with van der Waals surface area (Å²) in [5.74, 6) is 0.354. The van der Waals surface area contributed by atoms with E-state index in [-0.39, 0.29) is 18.6 Å². The van der Waals surface area contributed by atoms with Crippen molar-refractivity contribution in [1.82, 2.24) is 4.90 Å². The number of ether oxygens (including phenoxy) is 3. The molecule has 0 unspecified atom stereocenters. The standard InChI is InChI=1S/C20H29NO5/c1-4-21(16-9-7-6-8-10-16)19(22)14-26-20(23)15-11-12-17(25-5-2)18(13-15)24-3/h11-13,16H,4-10,14H2,1-3H3. The Kier molecular flexibility index (Phi) is 7.75. The molecular formula is C20H29NO5. The number of hydrogen-bond donors (Lipinski definition) is 0. The largest absolute Gasteiger partial charge is 0.493 e. The third-order valence-electron chi connectivity index (χ3n) is 4.70. The van der Waals surface area contributed by atoms with E-state index in [9.17, 15) is 9.59 Å². The van der Waals surface area contributed by atoms with Gasteiger partial charge in [-0.05, 0) is 44.9 Å². The smallest absolute Gasteiger partial charge is 0.338 e. The Balaban J connectivity index is 1.95. The van der Waals surface area contributed by atoms with Gasteiger partial charge in [-0.3, -0.25) is 4.79 Å². The molecule has 0 heterocycles. The van der Waals surface area contributed by atoms with Gasteiger partial charge in [0, 0.05) is 12.6 Å². The fourth-order valence-electron chi connectivity index (χ4n) is 3.39. The number of benzene rings is 1. The molecule has 1 aliphatic carbocycles. The van der Waals surface area contributed by atoms with Crippen LogP contribution in [-0.4, -0.2) is 49.7 Å². The van der Waals surface area contributed by atoms with Crippen molar-refractivity contribution in [3.8, 4) is 11.5 Å². The second-order valence-corrected chi connectivity index (χ2v) is 6.35. The number of rotatable bonds is 8. The number of esters is 1. The fraction of sp³-hybridized carbons (Fsp3) is 0.600. The van der Waals surface area contributed by atoms with Gasteiger partial charge in [-0.15, -0.1) is 0 Å². The molecule has 2 rings (SSSR count). The van der Waals surface area contributed by atoms with Crippen LogP contribution in [0.5, 0.6) is 11.5 Å². The van der Waals surface area contributed by atoms with Crippen molar-refractivity contribution in [3.63, 3.8) is 0 Å². The van der Waals surface area contributed by atoms with E-state index in [1.165, 1.54) is 13.5 Å². The second-order valence-electron chi connectivity index (χ2n) is 6.35. The molecule has 1 aromatic carbocycles. The van der Waals surface area contributed by atoms with Crippen molar-refractivity contribution in [2.75, 3.05) is 26.9 Å². The Morgan fingerprint density at radius 1 is 1.12 bits per heavy atom. The van der Waals surface area contributed by atoms with Gasteiger partial charge in [0.05, 0.1) is 19.3 Å². The molecular weight excluding hydrogens is 334 g/mol. The van der Waals surface area contributed by atoms with Crippen LogP contribution in [-0.2, 0) is 9.53 Å². The Morgan fingerprint density at radius 3 is 2.46 bits per heavy atom. The molecule has 0 saturated heterocycles. The van der Waals surface area contributed by atoms with Crippen LogP contribution < -0.4 is 9.47 Å². The van der Waals surface area contributed by atoms with Gasteiger partial charge in [-0.2, -0.15) is 0 Å². The van der Waals surface area contributed by atoms with E-state index in [4.69, 9.17) is 14.2 Å². The van der Waals surface area contributed by atoms with Crippen LogP contribution in [0.1, 0.15) is 56.3 Å². The summed E-state index contributed by atoms with van der Waals surface area (Å²) in [6.07, 6.45) is 5.60. The maximum Gasteiger partial charge on any atom is 0.338 e. The second kappa shape index (κ2) is 10.0. The number of likely N-dealkylation sites (N-methyl/N-ethyl adjacent to an activating group) is 1. The molecule has 1 fully saturated rings. The predicted octanol–water partition coefficient (Wildman–Crippen LogP) is 3.43. The molecule has 1 aromatic rings. The van der Waals surface area contributed by atoms with Crippen LogP contribution in [0, 0.1) is 0 Å². The highest BCUT2D eigenvalue weighted by Crippen LogP contribution is 2.28. The molecule has 0 N–H and O–H groups in total. The first kappa shape index (κ1) is 20.1. The Bertz CT molecular complexity index is 610. The van der Waals surface area contributed by atoms with Gasteiger partial charge in [0.2, 0.25) is 0 Å². The maximum absolute atomic E-state index is 12.5. The summed E-state index contributed by atoms with van der Waals surface area (Å²) < 4.78 is 15.9. The maximum atomic E-state index is 12.5. The van der Waals surface area contributed by atoms with Gasteiger partial charge in [0.15, 0.2) is 18.1 Å². The van der Waals surface area contributed by atoms with Crippen molar-refractivity contribution >= 4 is 11.9 Å². The van der Waals surface area contributed by atoms with Crippen LogP contribution in [0.4, 0.5) is 0 Å². The van der Waals surface area contributed by atoms with Gasteiger partial charge in [0.1, 0.15) is 0 Å². The lowest BCUT2D eigenvalue weighted by molar-refractivity contribution is -0.137. The number of carbonyl (C=O) groups is 2. The molecule has 0 atom stereocenters. The van der Waals surface area contributed by atoms with Crippen molar-refractivity contribution in [2.45, 2.75) is 52.0 Å². The van der Waals surface area contributed by atoms with Crippen LogP contribution in [0.15, 0.2) is 18.2 Å². The number of carbonyl (C=O) groups excluding carboxylic acids is 2. The first-order valence-corrected chi connectivity index (χ1v) is 9.38. The van der Waals surface area contributed by atoms with Gasteiger partial charge in [-0.1, -0.05) is 19.3 Å². The summed E-state index contributed by atoms with van der Waals surface area (Å²) in [5, 5.41) is 0. The van der Waals surface area contributed by atoms with E-state index in [2.05, 4.69) is 0 Å². The van der Waals surface area contributed by atoms with E-state index in [1.807, 2.05) is 18.7 Å². The third-order valence-corrected chi connectivity index (χ3v) is 4.70. The molecule has 0 spiro atoms. The molecule has 1 saturated carbocycles. The first-order valence-electron chi connectivity index (χ1n) is 9.38. The van der Waals surface area contributed by atoms with Crippen molar-refractivity contribution in [3.05, 3.63) is 23.8 Å². The van der Waals surface area contributed by atoms with Crippen LogP contribution in [0.2, 0.25) is 0 Å². The summed E-state index contributed by atoms with van der Waals surface area (Å²) >= 11 is 0. The minimum absolute atomic E-state index is 0.134. The third kappa shape index (κ3) is 5.13. The van der Waals surface area contributed by atoms with Crippen LogP contribution in [0.25, 0.3) is 0 Å². The minimum Gasteiger partial charge on any atom is -0.493 e. The molecule has 26 heavy (non-hydrogen) atoms. The Hall–Kier alpha value is -2.24. The summed E-state index contributed by atoms with van der Waals surface area (Å²) in [4.78, 5) is 26.6. The van der Waals surface area contributed by atoms with Crippen molar-refractivity contribution < 1.29 is 23.8 Å². The van der Waals surface area contributed by atoms with E-state index < -0.39 is 5.97 Å². The fourth-order valence-corrected chi connectivity index (χ4v) is 3.39. The van der Waals surface area contributed by atoms with Crippen LogP contribution >= 0.6 is 0 Å². The number of nitrogens with zero attached hydrogens (tertiary/aromatic N) is 1. The van der Waals surface area contributed by atoms with E-state index >= 15 is 0 Å². The lowest BCUT2D eigenvalue weighted by Crippen LogP contribution is -2.43. The van der Waals surface area contributed by atoms with Crippen molar-refractivity contribution in [1.29, 1.82) is 0 Å². The summed E-state index contributed by atoms with van der Waals surface area (Å²) in [6, 6.07) is 5.11. The lowest BCUT2D eigenvalue weighted by atomic mass is 9.94. The zero-order valence-electron chi connectivity index (χ0n) is 16.0. The molecule has 6 heteroatoms. The zero-order valence-corrected chi connectivity index (χ0v) is 16.0. The van der Waals surface area contributed by atoms with E-state index in [0.717, 1.165) is 25.7 Å². The summed E-state index contributed by atoms with van der Waals surface area (Å²) in [5.41, 5.74) is 0.332. The van der Waals surface area contributed by atoms with Crippen molar-refractivity contribution in [2.24, 2.45) is 0 Å². The highest BCUT2D eigenvalue weighted by atomic mass is 16.5. The van der Waals surface area contributed by atoms with Gasteiger partial charge < -0.3 is 19.1 Å². The molecule has 0 radical (unpaired) electrons. The normalized spacial score (nSPS) is 14.6. The Labute approximate surface area is 155 Å².